The van der Waals surface area contributed by atoms with E-state index in [1.54, 1.807) is 14.2 Å². The van der Waals surface area contributed by atoms with Crippen LogP contribution in [-0.2, 0) is 14.9 Å². The number of rotatable bonds is 7. The molecule has 5 nitrogen and oxygen atoms in total. The average molecular weight is 335 g/mol. The molecular weight excluding hydrogens is 306 g/mol. The van der Waals surface area contributed by atoms with Crippen molar-refractivity contribution in [2.45, 2.75) is 43.6 Å². The van der Waals surface area contributed by atoms with Crippen LogP contribution in [0.4, 0.5) is 0 Å². The van der Waals surface area contributed by atoms with Gasteiger partial charge in [0, 0.05) is 25.7 Å². The summed E-state index contributed by atoms with van der Waals surface area (Å²) in [6.45, 7) is 1.59. The highest BCUT2D eigenvalue weighted by atomic mass is 16.7. The van der Waals surface area contributed by atoms with Crippen molar-refractivity contribution in [2.75, 3.05) is 41.4 Å². The van der Waals surface area contributed by atoms with Crippen LogP contribution in [0, 0.1) is 0 Å². The van der Waals surface area contributed by atoms with Gasteiger partial charge in [0.15, 0.2) is 25.1 Å². The minimum Gasteiger partial charge on any atom is -0.464 e. The van der Waals surface area contributed by atoms with E-state index in [9.17, 15) is 0 Å². The van der Waals surface area contributed by atoms with Gasteiger partial charge in [-0.25, -0.2) is 0 Å². The summed E-state index contributed by atoms with van der Waals surface area (Å²) in [5.41, 5.74) is 1.62. The van der Waals surface area contributed by atoms with Crippen molar-refractivity contribution in [3.63, 3.8) is 0 Å². The molecule has 2 aliphatic rings. The van der Waals surface area contributed by atoms with Gasteiger partial charge in [0.25, 0.3) is 0 Å². The van der Waals surface area contributed by atoms with Crippen LogP contribution in [0.25, 0.3) is 0 Å². The van der Waals surface area contributed by atoms with Crippen LogP contribution in [0.15, 0.2) is 18.2 Å². The fraction of sp³-hybridized carbons (Fsp3) is 0.684. The van der Waals surface area contributed by atoms with E-state index in [4.69, 9.17) is 18.9 Å². The number of methoxy groups -OCH3 is 2. The van der Waals surface area contributed by atoms with Gasteiger partial charge >= 0.3 is 0 Å². The first-order valence-corrected chi connectivity index (χ1v) is 8.79. The zero-order chi connectivity index (χ0) is 17.0. The number of likely N-dealkylation sites (tertiary alicyclic amines) is 1. The van der Waals surface area contributed by atoms with Gasteiger partial charge in [-0.3, -0.25) is 0 Å². The minimum absolute atomic E-state index is 0.208. The lowest BCUT2D eigenvalue weighted by Gasteiger charge is -2.42. The maximum atomic E-state index is 5.77. The number of fused-ring (bicyclic) bond motifs is 1. The molecule has 134 valence electrons. The van der Waals surface area contributed by atoms with Gasteiger partial charge in [-0.2, -0.15) is 0 Å². The Balaban J connectivity index is 1.92. The second-order valence-corrected chi connectivity index (χ2v) is 6.91. The largest absolute Gasteiger partial charge is 0.464 e. The molecule has 24 heavy (non-hydrogen) atoms. The molecule has 1 aromatic rings. The van der Waals surface area contributed by atoms with Crippen molar-refractivity contribution < 1.29 is 18.9 Å². The van der Waals surface area contributed by atoms with Gasteiger partial charge < -0.3 is 23.8 Å². The molecule has 0 unspecified atom stereocenters. The van der Waals surface area contributed by atoms with Crippen LogP contribution in [0.5, 0.6) is 11.5 Å². The molecule has 3 rings (SSSR count). The highest BCUT2D eigenvalue weighted by molar-refractivity contribution is 5.46. The van der Waals surface area contributed by atoms with Crippen LogP contribution in [-0.4, -0.2) is 52.3 Å². The number of benzene rings is 1. The molecule has 0 amide bonds. The molecule has 0 aromatic heterocycles. The topological polar surface area (TPSA) is 40.2 Å². The van der Waals surface area contributed by atoms with Crippen molar-refractivity contribution >= 4 is 0 Å². The monoisotopic (exact) mass is 335 g/mol. The Labute approximate surface area is 144 Å². The fourth-order valence-corrected chi connectivity index (χ4v) is 4.46. The smallest absolute Gasteiger partial charge is 0.188 e. The third kappa shape index (κ3) is 3.25. The van der Waals surface area contributed by atoms with Crippen molar-refractivity contribution in [2.24, 2.45) is 0 Å². The molecule has 0 spiro atoms. The maximum absolute atomic E-state index is 5.77. The van der Waals surface area contributed by atoms with E-state index in [0.717, 1.165) is 5.75 Å². The third-order valence-corrected chi connectivity index (χ3v) is 5.61. The summed E-state index contributed by atoms with van der Waals surface area (Å²) in [7, 11) is 5.50. The number of ether oxygens (including phenoxy) is 4. The summed E-state index contributed by atoms with van der Waals surface area (Å²) in [6, 6.07) is 7.01. The van der Waals surface area contributed by atoms with E-state index in [2.05, 4.69) is 24.1 Å². The number of likely N-dealkylation sites (N-methyl/N-ethyl adjacent to an activating group) is 1. The lowest BCUT2D eigenvalue weighted by molar-refractivity contribution is 0.0320. The van der Waals surface area contributed by atoms with E-state index in [0.29, 0.717) is 11.8 Å². The van der Waals surface area contributed by atoms with Crippen molar-refractivity contribution in [1.82, 2.24) is 4.90 Å². The highest BCUT2D eigenvalue weighted by Gasteiger charge is 2.48. The second kappa shape index (κ2) is 7.72. The zero-order valence-corrected chi connectivity index (χ0v) is 15.0. The fourth-order valence-electron chi connectivity index (χ4n) is 4.46. The minimum atomic E-state index is 0.208. The first-order chi connectivity index (χ1) is 11.7. The van der Waals surface area contributed by atoms with Crippen LogP contribution in [0.3, 0.4) is 0 Å². The third-order valence-electron chi connectivity index (χ3n) is 5.61. The van der Waals surface area contributed by atoms with E-state index in [1.807, 2.05) is 6.07 Å². The summed E-state index contributed by atoms with van der Waals surface area (Å²) in [6.07, 6.45) is 6.40. The Morgan fingerprint density at radius 2 is 1.79 bits per heavy atom. The molecule has 0 bridgehead atoms. The Kier molecular flexibility index (Phi) is 5.64. The summed E-state index contributed by atoms with van der Waals surface area (Å²) in [5, 5.41) is 0. The van der Waals surface area contributed by atoms with Gasteiger partial charge in [-0.05, 0) is 50.6 Å². The van der Waals surface area contributed by atoms with Crippen LogP contribution in [0.1, 0.15) is 37.7 Å². The van der Waals surface area contributed by atoms with E-state index in [-0.39, 0.29) is 19.0 Å². The van der Waals surface area contributed by atoms with Crippen LogP contribution >= 0.6 is 0 Å². The molecule has 1 aliphatic carbocycles. The Hall–Kier alpha value is -1.30. The zero-order valence-electron chi connectivity index (χ0n) is 15.0. The molecule has 0 N–H and O–H groups in total. The Morgan fingerprint density at radius 1 is 1.04 bits per heavy atom. The van der Waals surface area contributed by atoms with E-state index in [1.165, 1.54) is 44.2 Å². The predicted octanol–water partition coefficient (Wildman–Crippen LogP) is 3.17. The first-order valence-electron chi connectivity index (χ1n) is 8.79. The molecule has 1 heterocycles. The normalized spacial score (nSPS) is 27.0. The Bertz CT molecular complexity index is 546. The standard InChI is InChI=1S/C19H29NO4/c1-20-11-10-19(9-5-4-6-18(19)20)15-7-8-16(23-13-21-2)17(12-15)24-14-22-3/h7-8,12,18H,4-6,9-11,13-14H2,1-3H3/t18-,19-/m0/s1. The summed E-state index contributed by atoms with van der Waals surface area (Å²) in [5.74, 6) is 1.44. The van der Waals surface area contributed by atoms with Crippen LogP contribution in [0.2, 0.25) is 0 Å². The van der Waals surface area contributed by atoms with E-state index >= 15 is 0 Å². The van der Waals surface area contributed by atoms with Gasteiger partial charge in [0.2, 0.25) is 0 Å². The molecule has 1 aliphatic heterocycles. The molecule has 2 atom stereocenters. The molecule has 1 saturated heterocycles. The molecule has 0 radical (unpaired) electrons. The van der Waals surface area contributed by atoms with Crippen LogP contribution < -0.4 is 9.47 Å². The lowest BCUT2D eigenvalue weighted by atomic mass is 9.66. The van der Waals surface area contributed by atoms with Gasteiger partial charge in [-0.1, -0.05) is 18.9 Å². The second-order valence-electron chi connectivity index (χ2n) is 6.91. The van der Waals surface area contributed by atoms with Crippen molar-refractivity contribution in [1.29, 1.82) is 0 Å². The van der Waals surface area contributed by atoms with Gasteiger partial charge in [-0.15, -0.1) is 0 Å². The lowest BCUT2D eigenvalue weighted by Crippen LogP contribution is -2.43. The van der Waals surface area contributed by atoms with Crippen molar-refractivity contribution in [3.05, 3.63) is 23.8 Å². The summed E-state index contributed by atoms with van der Waals surface area (Å²) in [4.78, 5) is 2.53. The molecule has 1 aromatic carbocycles. The van der Waals surface area contributed by atoms with Gasteiger partial charge in [0.1, 0.15) is 0 Å². The number of hydrogen-bond acceptors (Lipinski definition) is 5. The molecule has 2 fully saturated rings. The molecule has 1 saturated carbocycles. The number of hydrogen-bond donors (Lipinski definition) is 0. The van der Waals surface area contributed by atoms with E-state index < -0.39 is 0 Å². The summed E-state index contributed by atoms with van der Waals surface area (Å²) >= 11 is 0. The van der Waals surface area contributed by atoms with Gasteiger partial charge in [0.05, 0.1) is 0 Å². The quantitative estimate of drug-likeness (QED) is 0.716. The SMILES string of the molecule is COCOc1ccc([C@@]23CCCC[C@@H]2N(C)CC3)cc1OCOC. The molecule has 5 heteroatoms. The Morgan fingerprint density at radius 3 is 2.54 bits per heavy atom. The van der Waals surface area contributed by atoms with Crippen molar-refractivity contribution in [3.8, 4) is 11.5 Å². The first kappa shape index (κ1) is 17.5. The maximum Gasteiger partial charge on any atom is 0.188 e. The number of nitrogens with zero attached hydrogens (tertiary/aromatic N) is 1. The highest BCUT2D eigenvalue weighted by Crippen LogP contribution is 2.49. The molecular formula is C19H29NO4. The predicted molar refractivity (Wildman–Crippen MR) is 92.6 cm³/mol. The average Bonchev–Trinajstić information content (AvgIpc) is 2.97. The summed E-state index contributed by atoms with van der Waals surface area (Å²) < 4.78 is 21.5.